The first-order valence-corrected chi connectivity index (χ1v) is 6.84. The molecule has 0 bridgehead atoms. The molecule has 19 heavy (non-hydrogen) atoms. The van der Waals surface area contributed by atoms with Crippen molar-refractivity contribution in [2.45, 2.75) is 27.0 Å². The first-order valence-electron chi connectivity index (χ1n) is 6.05. The summed E-state index contributed by atoms with van der Waals surface area (Å²) in [6, 6.07) is 7.10. The molecule has 0 spiro atoms. The number of ether oxygens (including phenoxy) is 1. The van der Waals surface area contributed by atoms with E-state index in [1.54, 1.807) is 18.2 Å². The van der Waals surface area contributed by atoms with E-state index in [0.29, 0.717) is 17.9 Å². The Hall–Kier alpha value is -1.62. The van der Waals surface area contributed by atoms with Crippen LogP contribution in [-0.2, 0) is 13.2 Å². The summed E-state index contributed by atoms with van der Waals surface area (Å²) >= 11 is 3.52. The number of benzene rings is 1. The van der Waals surface area contributed by atoms with E-state index in [2.05, 4.69) is 21.0 Å². The second-order valence-corrected chi connectivity index (χ2v) is 4.93. The van der Waals surface area contributed by atoms with Crippen LogP contribution in [0.5, 0.6) is 5.75 Å². The molecular weight excluding hydrogens is 308 g/mol. The maximum Gasteiger partial charge on any atom is 0.150 e. The molecule has 1 aromatic heterocycles. The Kier molecular flexibility index (Phi) is 4.37. The first kappa shape index (κ1) is 13.8. The molecule has 2 aromatic rings. The monoisotopic (exact) mass is 322 g/mol. The number of aldehydes is 1. The third-order valence-corrected chi connectivity index (χ3v) is 3.85. The number of nitrogens with zero attached hydrogens (tertiary/aromatic N) is 2. The zero-order valence-electron chi connectivity index (χ0n) is 10.9. The van der Waals surface area contributed by atoms with E-state index in [1.165, 1.54) is 0 Å². The Balaban J connectivity index is 2.16. The van der Waals surface area contributed by atoms with E-state index in [4.69, 9.17) is 4.74 Å². The average Bonchev–Trinajstić information content (AvgIpc) is 2.72. The molecule has 0 aliphatic heterocycles. The predicted octanol–water partition coefficient (Wildman–Crippen LogP) is 3.37. The van der Waals surface area contributed by atoms with Crippen LogP contribution in [0.25, 0.3) is 0 Å². The van der Waals surface area contributed by atoms with E-state index in [9.17, 15) is 4.79 Å². The topological polar surface area (TPSA) is 44.1 Å². The van der Waals surface area contributed by atoms with E-state index >= 15 is 0 Å². The van der Waals surface area contributed by atoms with Crippen molar-refractivity contribution in [3.8, 4) is 5.75 Å². The lowest BCUT2D eigenvalue weighted by molar-refractivity contribution is 0.112. The van der Waals surface area contributed by atoms with Crippen LogP contribution in [0.1, 0.15) is 28.7 Å². The summed E-state index contributed by atoms with van der Waals surface area (Å²) in [5.74, 6) is 0.679. The molecule has 0 saturated carbocycles. The second-order valence-electron chi connectivity index (χ2n) is 4.14. The van der Waals surface area contributed by atoms with Crippen molar-refractivity contribution < 1.29 is 9.53 Å². The van der Waals surface area contributed by atoms with Gasteiger partial charge >= 0.3 is 0 Å². The molecule has 0 aliphatic carbocycles. The van der Waals surface area contributed by atoms with Crippen molar-refractivity contribution in [1.29, 1.82) is 0 Å². The van der Waals surface area contributed by atoms with Crippen molar-refractivity contribution in [1.82, 2.24) is 9.78 Å². The van der Waals surface area contributed by atoms with Gasteiger partial charge < -0.3 is 4.74 Å². The minimum absolute atomic E-state index is 0.414. The molecule has 0 unspecified atom stereocenters. The molecule has 0 radical (unpaired) electrons. The summed E-state index contributed by atoms with van der Waals surface area (Å²) in [7, 11) is 0. The van der Waals surface area contributed by atoms with Gasteiger partial charge in [-0.15, -0.1) is 0 Å². The van der Waals surface area contributed by atoms with Gasteiger partial charge in [0.25, 0.3) is 0 Å². The van der Waals surface area contributed by atoms with Gasteiger partial charge in [-0.25, -0.2) is 0 Å². The lowest BCUT2D eigenvalue weighted by atomic mass is 10.2. The maximum absolute atomic E-state index is 10.7. The molecule has 5 heteroatoms. The zero-order valence-corrected chi connectivity index (χ0v) is 12.5. The molecule has 1 aromatic carbocycles. The number of aromatic nitrogens is 2. The molecule has 0 fully saturated rings. The van der Waals surface area contributed by atoms with Gasteiger partial charge in [-0.2, -0.15) is 5.10 Å². The predicted molar refractivity (Wildman–Crippen MR) is 76.5 cm³/mol. The maximum atomic E-state index is 10.7. The van der Waals surface area contributed by atoms with Gasteiger partial charge in [0.1, 0.15) is 18.6 Å². The molecular formula is C14H15BrN2O2. The van der Waals surface area contributed by atoms with Crippen molar-refractivity contribution in [2.75, 3.05) is 0 Å². The molecule has 0 aliphatic rings. The highest BCUT2D eigenvalue weighted by Gasteiger charge is 2.12. The Morgan fingerprint density at radius 2 is 2.26 bits per heavy atom. The van der Waals surface area contributed by atoms with Crippen molar-refractivity contribution >= 4 is 22.2 Å². The molecule has 4 nitrogen and oxygen atoms in total. The third kappa shape index (κ3) is 3.04. The molecule has 1 heterocycles. The molecule has 0 amide bonds. The van der Waals surface area contributed by atoms with Gasteiger partial charge in [-0.05, 0) is 41.9 Å². The summed E-state index contributed by atoms with van der Waals surface area (Å²) in [6.45, 7) is 5.19. The summed E-state index contributed by atoms with van der Waals surface area (Å²) in [5.41, 5.74) is 2.55. The minimum Gasteiger partial charge on any atom is -0.487 e. The standard InChI is InChI=1S/C14H15BrN2O2/c1-3-17-13(14(15)10(2)16-17)9-19-12-6-4-5-11(7-12)8-18/h4-8H,3,9H2,1-2H3. The molecule has 100 valence electrons. The number of carbonyl (C=O) groups excluding carboxylic acids is 1. The van der Waals surface area contributed by atoms with E-state index in [-0.39, 0.29) is 0 Å². The van der Waals surface area contributed by atoms with Gasteiger partial charge in [0.2, 0.25) is 0 Å². The first-order chi connectivity index (χ1) is 9.15. The largest absolute Gasteiger partial charge is 0.487 e. The Morgan fingerprint density at radius 1 is 1.47 bits per heavy atom. The Labute approximate surface area is 120 Å². The van der Waals surface area contributed by atoms with Crippen LogP contribution in [0.2, 0.25) is 0 Å². The van der Waals surface area contributed by atoms with E-state index in [0.717, 1.165) is 28.7 Å². The summed E-state index contributed by atoms with van der Waals surface area (Å²) < 4.78 is 8.60. The third-order valence-electron chi connectivity index (χ3n) is 2.82. The van der Waals surface area contributed by atoms with Crippen LogP contribution >= 0.6 is 15.9 Å². The highest BCUT2D eigenvalue weighted by atomic mass is 79.9. The van der Waals surface area contributed by atoms with Crippen LogP contribution in [0.4, 0.5) is 0 Å². The number of hydrogen-bond donors (Lipinski definition) is 0. The van der Waals surface area contributed by atoms with Gasteiger partial charge in [0.05, 0.1) is 15.9 Å². The number of rotatable bonds is 5. The normalized spacial score (nSPS) is 10.5. The van der Waals surface area contributed by atoms with Crippen LogP contribution in [0.15, 0.2) is 28.7 Å². The Morgan fingerprint density at radius 3 is 2.95 bits per heavy atom. The SMILES string of the molecule is CCn1nc(C)c(Br)c1COc1cccc(C=O)c1. The average molecular weight is 323 g/mol. The fourth-order valence-electron chi connectivity index (χ4n) is 1.84. The fraction of sp³-hybridized carbons (Fsp3) is 0.286. The quantitative estimate of drug-likeness (QED) is 0.793. The molecule has 0 N–H and O–H groups in total. The summed E-state index contributed by atoms with van der Waals surface area (Å²) in [6.07, 6.45) is 0.809. The zero-order chi connectivity index (χ0) is 13.8. The minimum atomic E-state index is 0.414. The summed E-state index contributed by atoms with van der Waals surface area (Å²) in [4.78, 5) is 10.7. The van der Waals surface area contributed by atoms with Gasteiger partial charge in [0.15, 0.2) is 0 Å². The lowest BCUT2D eigenvalue weighted by Gasteiger charge is -2.08. The van der Waals surface area contributed by atoms with Crippen LogP contribution in [0, 0.1) is 6.92 Å². The van der Waals surface area contributed by atoms with Crippen molar-refractivity contribution in [3.63, 3.8) is 0 Å². The highest BCUT2D eigenvalue weighted by Crippen LogP contribution is 2.23. The smallest absolute Gasteiger partial charge is 0.150 e. The molecule has 0 saturated heterocycles. The van der Waals surface area contributed by atoms with Gasteiger partial charge in [-0.3, -0.25) is 9.48 Å². The van der Waals surface area contributed by atoms with Gasteiger partial charge in [0, 0.05) is 12.1 Å². The Bertz CT molecular complexity index is 593. The molecule has 2 rings (SSSR count). The van der Waals surface area contributed by atoms with E-state index in [1.807, 2.05) is 24.6 Å². The number of carbonyl (C=O) groups is 1. The molecule has 0 atom stereocenters. The van der Waals surface area contributed by atoms with Crippen LogP contribution in [0.3, 0.4) is 0 Å². The fourth-order valence-corrected chi connectivity index (χ4v) is 2.23. The lowest BCUT2D eigenvalue weighted by Crippen LogP contribution is -2.06. The highest BCUT2D eigenvalue weighted by molar-refractivity contribution is 9.10. The van der Waals surface area contributed by atoms with E-state index < -0.39 is 0 Å². The number of aryl methyl sites for hydroxylation is 2. The van der Waals surface area contributed by atoms with Crippen LogP contribution < -0.4 is 4.74 Å². The van der Waals surface area contributed by atoms with Crippen LogP contribution in [-0.4, -0.2) is 16.1 Å². The second kappa shape index (κ2) is 6.02. The van der Waals surface area contributed by atoms with Crippen molar-refractivity contribution in [2.24, 2.45) is 0 Å². The van der Waals surface area contributed by atoms with Crippen molar-refractivity contribution in [3.05, 3.63) is 45.7 Å². The summed E-state index contributed by atoms with van der Waals surface area (Å²) in [5, 5.41) is 4.41. The van der Waals surface area contributed by atoms with Gasteiger partial charge in [-0.1, -0.05) is 12.1 Å². The number of halogens is 1. The number of hydrogen-bond acceptors (Lipinski definition) is 3.